The zero-order valence-electron chi connectivity index (χ0n) is 18.9. The van der Waals surface area contributed by atoms with Crippen LogP contribution in [0.1, 0.15) is 22.9 Å². The number of aliphatic hydroxyl groups is 1. The van der Waals surface area contributed by atoms with Crippen LogP contribution in [-0.2, 0) is 27.4 Å². The van der Waals surface area contributed by atoms with Crippen molar-refractivity contribution >= 4 is 0 Å². The fraction of sp³-hybridized carbons (Fsp3) is 0.360. The molecular weight excluding hydrogens is 438 g/mol. The number of nitrogens with one attached hydrogen (secondary N) is 1. The molecule has 1 aliphatic heterocycles. The molecule has 2 aromatic carbocycles. The van der Waals surface area contributed by atoms with Gasteiger partial charge in [-0.25, -0.2) is 4.79 Å². The van der Waals surface area contributed by atoms with Gasteiger partial charge in [0.25, 0.3) is 5.56 Å². The predicted molar refractivity (Wildman–Crippen MR) is 125 cm³/mol. The first-order valence-electron chi connectivity index (χ1n) is 11.1. The maximum Gasteiger partial charge on any atom is 0.330 e. The molecule has 0 radical (unpaired) electrons. The van der Waals surface area contributed by atoms with Gasteiger partial charge in [-0.2, -0.15) is 0 Å². The van der Waals surface area contributed by atoms with E-state index in [0.29, 0.717) is 12.2 Å². The zero-order valence-corrected chi connectivity index (χ0v) is 18.9. The lowest BCUT2D eigenvalue weighted by Crippen LogP contribution is -2.53. The van der Waals surface area contributed by atoms with Gasteiger partial charge in [0.2, 0.25) is 0 Å². The van der Waals surface area contributed by atoms with Crippen molar-refractivity contribution in [2.24, 2.45) is 5.73 Å². The van der Waals surface area contributed by atoms with E-state index < -0.39 is 41.8 Å². The predicted octanol–water partition coefficient (Wildman–Crippen LogP) is 1.23. The van der Waals surface area contributed by atoms with Crippen LogP contribution in [0.15, 0.2) is 76.4 Å². The Morgan fingerprint density at radius 2 is 1.68 bits per heavy atom. The van der Waals surface area contributed by atoms with Crippen LogP contribution in [0.5, 0.6) is 0 Å². The maximum absolute atomic E-state index is 12.5. The number of aliphatic hydroxyl groups excluding tert-OH is 1. The number of nitrogens with two attached hydrogens (primary N) is 1. The largest absolute Gasteiger partial charge is 0.393 e. The van der Waals surface area contributed by atoms with Crippen LogP contribution in [0, 0.1) is 6.92 Å². The number of ether oxygens (including phenoxy) is 3. The Bertz CT molecular complexity index is 1200. The van der Waals surface area contributed by atoms with Crippen LogP contribution in [-0.4, -0.2) is 45.6 Å². The molecule has 0 aliphatic carbocycles. The molecule has 1 fully saturated rings. The number of H-pyrrole nitrogens is 1. The van der Waals surface area contributed by atoms with E-state index >= 15 is 0 Å². The lowest BCUT2D eigenvalue weighted by atomic mass is 9.95. The lowest BCUT2D eigenvalue weighted by molar-refractivity contribution is -0.175. The van der Waals surface area contributed by atoms with Crippen molar-refractivity contribution in [3.63, 3.8) is 0 Å². The third kappa shape index (κ3) is 5.03. The maximum atomic E-state index is 12.5. The molecule has 3 aromatic rings. The zero-order chi connectivity index (χ0) is 24.1. The summed E-state index contributed by atoms with van der Waals surface area (Å²) in [6, 6.07) is 18.3. The first kappa shape index (κ1) is 24.1. The minimum Gasteiger partial charge on any atom is -0.393 e. The third-order valence-corrected chi connectivity index (χ3v) is 5.97. The summed E-state index contributed by atoms with van der Waals surface area (Å²) >= 11 is 0. The van der Waals surface area contributed by atoms with Gasteiger partial charge in [0, 0.05) is 11.8 Å². The van der Waals surface area contributed by atoms with Crippen LogP contribution in [0.2, 0.25) is 0 Å². The number of aryl methyl sites for hydroxylation is 1. The molecule has 180 valence electrons. The molecule has 0 bridgehead atoms. The van der Waals surface area contributed by atoms with Gasteiger partial charge in [-0.3, -0.25) is 14.3 Å². The summed E-state index contributed by atoms with van der Waals surface area (Å²) in [4.78, 5) is 26.7. The Morgan fingerprint density at radius 3 is 2.29 bits per heavy atom. The van der Waals surface area contributed by atoms with Gasteiger partial charge < -0.3 is 25.1 Å². The number of aromatic amines is 1. The molecule has 34 heavy (non-hydrogen) atoms. The fourth-order valence-electron chi connectivity index (χ4n) is 4.13. The van der Waals surface area contributed by atoms with Gasteiger partial charge in [-0.15, -0.1) is 0 Å². The summed E-state index contributed by atoms with van der Waals surface area (Å²) in [5.41, 5.74) is 6.30. The van der Waals surface area contributed by atoms with Crippen LogP contribution >= 0.6 is 0 Å². The normalized spacial score (nSPS) is 24.4. The minimum atomic E-state index is -1.32. The van der Waals surface area contributed by atoms with E-state index in [9.17, 15) is 14.7 Å². The van der Waals surface area contributed by atoms with Crippen molar-refractivity contribution in [1.82, 2.24) is 9.55 Å². The van der Waals surface area contributed by atoms with E-state index in [1.54, 1.807) is 6.92 Å². The topological polar surface area (TPSA) is 129 Å². The second-order valence-corrected chi connectivity index (χ2v) is 8.48. The van der Waals surface area contributed by atoms with Crippen molar-refractivity contribution < 1.29 is 19.3 Å². The fourth-order valence-corrected chi connectivity index (χ4v) is 4.13. The molecule has 9 heteroatoms. The molecule has 1 saturated heterocycles. The molecule has 1 aliphatic rings. The summed E-state index contributed by atoms with van der Waals surface area (Å²) < 4.78 is 19.6. The Balaban J connectivity index is 1.61. The standard InChI is InChI=1S/C25H29N3O6/c1-17-12-28(24(31)27-22(17)30)23-20(26)21(33-14-19-10-6-3-7-11-19)25(15-29,34-23)16-32-13-18-8-4-2-5-9-18/h2-12,20-21,23,29H,13-16,26H2,1H3,(H,27,30,31)/t20?,21?,23?,25-/m1/s1. The smallest absolute Gasteiger partial charge is 0.330 e. The molecule has 4 rings (SSSR count). The highest BCUT2D eigenvalue weighted by molar-refractivity contribution is 5.15. The molecule has 4 atom stereocenters. The molecule has 4 N–H and O–H groups in total. The van der Waals surface area contributed by atoms with Crippen molar-refractivity contribution in [2.75, 3.05) is 13.2 Å². The molecule has 0 spiro atoms. The van der Waals surface area contributed by atoms with Crippen LogP contribution < -0.4 is 17.0 Å². The Morgan fingerprint density at radius 1 is 1.06 bits per heavy atom. The monoisotopic (exact) mass is 467 g/mol. The summed E-state index contributed by atoms with van der Waals surface area (Å²) in [6.07, 6.45) is -0.369. The number of hydrogen-bond donors (Lipinski definition) is 3. The number of rotatable bonds is 9. The van der Waals surface area contributed by atoms with Crippen molar-refractivity contribution in [2.45, 2.75) is 44.1 Å². The van der Waals surface area contributed by atoms with Crippen molar-refractivity contribution in [3.8, 4) is 0 Å². The number of aromatic nitrogens is 2. The lowest BCUT2D eigenvalue weighted by Gasteiger charge is -2.33. The summed E-state index contributed by atoms with van der Waals surface area (Å²) in [7, 11) is 0. The average Bonchev–Trinajstić information content (AvgIpc) is 3.13. The van der Waals surface area contributed by atoms with Crippen molar-refractivity contribution in [3.05, 3.63) is 104 Å². The van der Waals surface area contributed by atoms with Gasteiger partial charge in [-0.05, 0) is 18.1 Å². The average molecular weight is 468 g/mol. The Hall–Kier alpha value is -3.08. The molecular formula is C25H29N3O6. The van der Waals surface area contributed by atoms with E-state index in [-0.39, 0.29) is 13.2 Å². The molecule has 2 heterocycles. The highest BCUT2D eigenvalue weighted by Gasteiger charge is 2.55. The van der Waals surface area contributed by atoms with Crippen molar-refractivity contribution in [1.29, 1.82) is 0 Å². The number of nitrogens with zero attached hydrogens (tertiary/aromatic N) is 1. The molecule has 0 amide bonds. The SMILES string of the molecule is Cc1cn(C2O[C@](CO)(COCc3ccccc3)C(OCc3ccccc3)C2N)c(=O)[nH]c1=O. The second-order valence-electron chi connectivity index (χ2n) is 8.48. The van der Waals surface area contributed by atoms with Crippen LogP contribution in [0.3, 0.4) is 0 Å². The van der Waals surface area contributed by atoms with Crippen LogP contribution in [0.25, 0.3) is 0 Å². The number of benzene rings is 2. The van der Waals surface area contributed by atoms with Gasteiger partial charge in [0.15, 0.2) is 6.23 Å². The highest BCUT2D eigenvalue weighted by atomic mass is 16.6. The Kier molecular flexibility index (Phi) is 7.40. The molecule has 0 saturated carbocycles. The summed E-state index contributed by atoms with van der Waals surface area (Å²) in [6.45, 7) is 1.66. The summed E-state index contributed by atoms with van der Waals surface area (Å²) in [5, 5.41) is 10.4. The van der Waals surface area contributed by atoms with Crippen LogP contribution in [0.4, 0.5) is 0 Å². The van der Waals surface area contributed by atoms with E-state index in [2.05, 4.69) is 4.98 Å². The third-order valence-electron chi connectivity index (χ3n) is 5.97. The highest BCUT2D eigenvalue weighted by Crippen LogP contribution is 2.38. The van der Waals surface area contributed by atoms with E-state index in [1.807, 2.05) is 60.7 Å². The number of hydrogen-bond acceptors (Lipinski definition) is 7. The van der Waals surface area contributed by atoms with Gasteiger partial charge in [0.1, 0.15) is 11.7 Å². The molecule has 3 unspecified atom stereocenters. The molecule has 9 nitrogen and oxygen atoms in total. The minimum absolute atomic E-state index is 0.0147. The second kappa shape index (κ2) is 10.5. The van der Waals surface area contributed by atoms with Gasteiger partial charge >= 0.3 is 5.69 Å². The first-order valence-corrected chi connectivity index (χ1v) is 11.1. The summed E-state index contributed by atoms with van der Waals surface area (Å²) in [5.74, 6) is 0. The first-order chi connectivity index (χ1) is 16.4. The molecule has 1 aromatic heterocycles. The van der Waals surface area contributed by atoms with E-state index in [0.717, 1.165) is 11.1 Å². The van der Waals surface area contributed by atoms with E-state index in [4.69, 9.17) is 19.9 Å². The van der Waals surface area contributed by atoms with Gasteiger partial charge in [-0.1, -0.05) is 60.7 Å². The Labute approximate surface area is 196 Å². The quantitative estimate of drug-likeness (QED) is 0.432. The van der Waals surface area contributed by atoms with Gasteiger partial charge in [0.05, 0.1) is 32.5 Å². The van der Waals surface area contributed by atoms with E-state index in [1.165, 1.54) is 10.8 Å².